The van der Waals surface area contributed by atoms with Gasteiger partial charge in [0.15, 0.2) is 0 Å². The highest BCUT2D eigenvalue weighted by Crippen LogP contribution is 2.46. The molecule has 0 aliphatic heterocycles. The van der Waals surface area contributed by atoms with Crippen LogP contribution in [-0.4, -0.2) is 0 Å². The van der Waals surface area contributed by atoms with Crippen molar-refractivity contribution in [1.82, 2.24) is 0 Å². The third-order valence-corrected chi connectivity index (χ3v) is 5.93. The van der Waals surface area contributed by atoms with Crippen LogP contribution in [0, 0.1) is 33.6 Å². The maximum absolute atomic E-state index is 2.42. The van der Waals surface area contributed by atoms with Crippen LogP contribution >= 0.6 is 0 Å². The molecule has 0 heteroatoms. The number of fused-ring (bicyclic) bond motifs is 1. The molecule has 0 aromatic heterocycles. The van der Waals surface area contributed by atoms with Crippen LogP contribution in [0.2, 0.25) is 0 Å². The van der Waals surface area contributed by atoms with Crippen molar-refractivity contribution in [1.29, 1.82) is 0 Å². The first kappa shape index (κ1) is 16.3. The predicted molar refractivity (Wildman–Crippen MR) is 95.1 cm³/mol. The second-order valence-electron chi connectivity index (χ2n) is 7.23. The van der Waals surface area contributed by atoms with Crippen LogP contribution in [0.15, 0.2) is 5.57 Å². The van der Waals surface area contributed by atoms with Gasteiger partial charge < -0.3 is 0 Å². The Bertz CT molecular complexity index is 587. The topological polar surface area (TPSA) is 0 Å². The van der Waals surface area contributed by atoms with E-state index in [1.54, 1.807) is 22.3 Å². The smallest absolute Gasteiger partial charge is 0.0144 e. The molecule has 0 amide bonds. The van der Waals surface area contributed by atoms with E-state index >= 15 is 0 Å². The summed E-state index contributed by atoms with van der Waals surface area (Å²) in [6, 6.07) is 0. The number of hydrogen-bond donors (Lipinski definition) is 0. The summed E-state index contributed by atoms with van der Waals surface area (Å²) in [5.41, 5.74) is 12.5. The van der Waals surface area contributed by atoms with E-state index in [0.29, 0.717) is 5.92 Å². The maximum atomic E-state index is 2.42. The van der Waals surface area contributed by atoms with Gasteiger partial charge in [-0.3, -0.25) is 0 Å². The van der Waals surface area contributed by atoms with Crippen LogP contribution in [0.3, 0.4) is 0 Å². The standard InChI is InChI=1S/C21H32/c1-9-10-12(2)19-11-13(3)20-16(6)14(4)15(5)17(7)21(20)18(19)8/h12-13H,9-11H2,1-8H3. The molecule has 0 saturated carbocycles. The first-order valence-electron chi connectivity index (χ1n) is 8.61. The van der Waals surface area contributed by atoms with Crippen molar-refractivity contribution in [3.63, 3.8) is 0 Å². The predicted octanol–water partition coefficient (Wildman–Crippen LogP) is 6.64. The highest BCUT2D eigenvalue weighted by atomic mass is 14.3. The van der Waals surface area contributed by atoms with Crippen molar-refractivity contribution in [2.75, 3.05) is 0 Å². The number of benzene rings is 1. The van der Waals surface area contributed by atoms with Crippen LogP contribution in [0.25, 0.3) is 5.57 Å². The first-order valence-corrected chi connectivity index (χ1v) is 8.61. The zero-order valence-corrected chi connectivity index (χ0v) is 15.3. The van der Waals surface area contributed by atoms with Gasteiger partial charge in [0.05, 0.1) is 0 Å². The average molecular weight is 284 g/mol. The maximum Gasteiger partial charge on any atom is -0.0144 e. The van der Waals surface area contributed by atoms with Crippen molar-refractivity contribution >= 4 is 5.57 Å². The van der Waals surface area contributed by atoms with Crippen molar-refractivity contribution in [3.05, 3.63) is 39.0 Å². The zero-order chi connectivity index (χ0) is 15.9. The van der Waals surface area contributed by atoms with E-state index < -0.39 is 0 Å². The van der Waals surface area contributed by atoms with Crippen LogP contribution < -0.4 is 0 Å². The third kappa shape index (κ3) is 2.58. The second kappa shape index (κ2) is 5.99. The Balaban J connectivity index is 2.71. The molecule has 2 rings (SSSR count). The molecular weight excluding hydrogens is 252 g/mol. The molecule has 116 valence electrons. The van der Waals surface area contributed by atoms with Gasteiger partial charge in [0.1, 0.15) is 0 Å². The molecule has 1 aliphatic rings. The van der Waals surface area contributed by atoms with Gasteiger partial charge in [0.2, 0.25) is 0 Å². The minimum Gasteiger partial charge on any atom is -0.0654 e. The fourth-order valence-electron chi connectivity index (χ4n) is 4.36. The summed E-state index contributed by atoms with van der Waals surface area (Å²) >= 11 is 0. The van der Waals surface area contributed by atoms with Crippen LogP contribution in [0.4, 0.5) is 0 Å². The molecule has 1 aromatic carbocycles. The average Bonchev–Trinajstić information content (AvgIpc) is 2.44. The van der Waals surface area contributed by atoms with Crippen LogP contribution in [-0.2, 0) is 0 Å². The largest absolute Gasteiger partial charge is 0.0654 e. The molecule has 2 unspecified atom stereocenters. The van der Waals surface area contributed by atoms with Gasteiger partial charge in [-0.2, -0.15) is 0 Å². The Labute approximate surface area is 131 Å². The number of hydrogen-bond acceptors (Lipinski definition) is 0. The van der Waals surface area contributed by atoms with E-state index in [2.05, 4.69) is 55.4 Å². The zero-order valence-electron chi connectivity index (χ0n) is 15.3. The van der Waals surface area contributed by atoms with Crippen LogP contribution in [0.1, 0.15) is 86.3 Å². The summed E-state index contributed by atoms with van der Waals surface area (Å²) in [5, 5.41) is 0. The van der Waals surface area contributed by atoms with E-state index in [0.717, 1.165) is 5.92 Å². The molecule has 1 aliphatic carbocycles. The summed E-state index contributed by atoms with van der Waals surface area (Å²) < 4.78 is 0. The first-order chi connectivity index (χ1) is 9.81. The Kier molecular flexibility index (Phi) is 4.66. The molecule has 0 nitrogen and oxygen atoms in total. The molecule has 0 spiro atoms. The van der Waals surface area contributed by atoms with Crippen molar-refractivity contribution in [3.8, 4) is 0 Å². The summed E-state index contributed by atoms with van der Waals surface area (Å²) in [6.07, 6.45) is 3.85. The van der Waals surface area contributed by atoms with E-state index in [9.17, 15) is 0 Å². The monoisotopic (exact) mass is 284 g/mol. The highest BCUT2D eigenvalue weighted by molar-refractivity contribution is 5.77. The lowest BCUT2D eigenvalue weighted by Crippen LogP contribution is -2.16. The summed E-state index contributed by atoms with van der Waals surface area (Å²) in [7, 11) is 0. The lowest BCUT2D eigenvalue weighted by atomic mass is 9.71. The molecular formula is C21H32. The van der Waals surface area contributed by atoms with Crippen molar-refractivity contribution < 1.29 is 0 Å². The van der Waals surface area contributed by atoms with Gasteiger partial charge in [-0.05, 0) is 98.2 Å². The molecule has 0 fully saturated rings. The van der Waals surface area contributed by atoms with Gasteiger partial charge in [0.25, 0.3) is 0 Å². The summed E-state index contributed by atoms with van der Waals surface area (Å²) in [5.74, 6) is 1.39. The second-order valence-corrected chi connectivity index (χ2v) is 7.23. The molecule has 1 aromatic rings. The van der Waals surface area contributed by atoms with Gasteiger partial charge in [0, 0.05) is 0 Å². The highest BCUT2D eigenvalue weighted by Gasteiger charge is 2.28. The van der Waals surface area contributed by atoms with Gasteiger partial charge >= 0.3 is 0 Å². The summed E-state index contributed by atoms with van der Waals surface area (Å²) in [4.78, 5) is 0. The quantitative estimate of drug-likeness (QED) is 0.584. The lowest BCUT2D eigenvalue weighted by molar-refractivity contribution is 0.554. The normalized spacial score (nSPS) is 19.7. The molecule has 0 heterocycles. The van der Waals surface area contributed by atoms with E-state index in [4.69, 9.17) is 0 Å². The molecule has 21 heavy (non-hydrogen) atoms. The Morgan fingerprint density at radius 2 is 1.52 bits per heavy atom. The van der Waals surface area contributed by atoms with Gasteiger partial charge in [-0.25, -0.2) is 0 Å². The molecule has 0 radical (unpaired) electrons. The fourth-order valence-corrected chi connectivity index (χ4v) is 4.36. The minimum absolute atomic E-state index is 0.663. The Morgan fingerprint density at radius 1 is 0.952 bits per heavy atom. The number of allylic oxidation sites excluding steroid dienone is 2. The summed E-state index contributed by atoms with van der Waals surface area (Å²) in [6.45, 7) is 18.7. The molecule has 0 saturated heterocycles. The van der Waals surface area contributed by atoms with E-state index in [-0.39, 0.29) is 0 Å². The van der Waals surface area contributed by atoms with E-state index in [1.165, 1.54) is 41.5 Å². The van der Waals surface area contributed by atoms with Gasteiger partial charge in [-0.15, -0.1) is 0 Å². The van der Waals surface area contributed by atoms with Crippen molar-refractivity contribution in [2.45, 2.75) is 80.6 Å². The van der Waals surface area contributed by atoms with Gasteiger partial charge in [-0.1, -0.05) is 32.8 Å². The van der Waals surface area contributed by atoms with E-state index in [1.807, 2.05) is 0 Å². The molecule has 2 atom stereocenters. The number of rotatable bonds is 3. The van der Waals surface area contributed by atoms with Crippen molar-refractivity contribution in [2.24, 2.45) is 5.92 Å². The minimum atomic E-state index is 0.663. The third-order valence-electron chi connectivity index (χ3n) is 5.93. The molecule has 0 bridgehead atoms. The van der Waals surface area contributed by atoms with Crippen LogP contribution in [0.5, 0.6) is 0 Å². The molecule has 0 N–H and O–H groups in total. The fraction of sp³-hybridized carbons (Fsp3) is 0.619. The SMILES string of the molecule is CCCC(C)C1=C(C)c2c(C)c(C)c(C)c(C)c2C(C)C1. The Hall–Kier alpha value is -1.04. The Morgan fingerprint density at radius 3 is 2.10 bits per heavy atom. The lowest BCUT2D eigenvalue weighted by Gasteiger charge is -2.34.